The van der Waals surface area contributed by atoms with Gasteiger partial charge in [-0.15, -0.1) is 0 Å². The van der Waals surface area contributed by atoms with Crippen molar-refractivity contribution in [3.8, 4) is 11.4 Å². The van der Waals surface area contributed by atoms with Gasteiger partial charge >= 0.3 is 0 Å². The van der Waals surface area contributed by atoms with E-state index in [9.17, 15) is 4.79 Å². The van der Waals surface area contributed by atoms with Gasteiger partial charge in [-0.2, -0.15) is 5.10 Å². The molecular formula is C20H19N3O2. The van der Waals surface area contributed by atoms with E-state index in [0.717, 1.165) is 16.9 Å². The van der Waals surface area contributed by atoms with Gasteiger partial charge < -0.3 is 9.30 Å². The van der Waals surface area contributed by atoms with Crippen LogP contribution in [0, 0.1) is 6.92 Å². The summed E-state index contributed by atoms with van der Waals surface area (Å²) in [6.45, 7) is 2.03. The molecule has 0 fully saturated rings. The minimum Gasteiger partial charge on any atom is -0.496 e. The Morgan fingerprint density at radius 3 is 2.60 bits per heavy atom. The second-order valence-corrected chi connectivity index (χ2v) is 5.52. The van der Waals surface area contributed by atoms with E-state index < -0.39 is 0 Å². The second kappa shape index (κ2) is 7.49. The lowest BCUT2D eigenvalue weighted by molar-refractivity contribution is 0.0952. The molecule has 3 rings (SSSR count). The number of carbonyl (C=O) groups is 1. The summed E-state index contributed by atoms with van der Waals surface area (Å²) in [5.74, 6) is 0.203. The number of methoxy groups -OCH3 is 1. The highest BCUT2D eigenvalue weighted by atomic mass is 16.5. The SMILES string of the molecule is COc1ccccc1C(=O)N/N=C\c1cc(C)n(-c2ccccc2)c1. The number of amides is 1. The zero-order chi connectivity index (χ0) is 17.6. The molecule has 0 atom stereocenters. The van der Waals surface area contributed by atoms with Crippen molar-refractivity contribution in [1.82, 2.24) is 9.99 Å². The number of benzene rings is 2. The van der Waals surface area contributed by atoms with Crippen LogP contribution in [-0.4, -0.2) is 23.8 Å². The lowest BCUT2D eigenvalue weighted by Gasteiger charge is -2.05. The summed E-state index contributed by atoms with van der Waals surface area (Å²) in [6, 6.07) is 19.1. The van der Waals surface area contributed by atoms with Crippen molar-refractivity contribution in [1.29, 1.82) is 0 Å². The number of hydrogen-bond acceptors (Lipinski definition) is 3. The molecular weight excluding hydrogens is 314 g/mol. The molecule has 1 N–H and O–H groups in total. The number of carbonyl (C=O) groups excluding carboxylic acids is 1. The predicted octanol–water partition coefficient (Wildman–Crippen LogP) is 3.56. The van der Waals surface area contributed by atoms with Crippen LogP contribution in [0.1, 0.15) is 21.6 Å². The standard InChI is InChI=1S/C20H19N3O2/c1-15-12-16(14-23(15)17-8-4-3-5-9-17)13-21-22-20(24)18-10-6-7-11-19(18)25-2/h3-14H,1-2H3,(H,22,24)/b21-13-. The third-order valence-electron chi connectivity index (χ3n) is 3.80. The molecule has 5 nitrogen and oxygen atoms in total. The second-order valence-electron chi connectivity index (χ2n) is 5.52. The summed E-state index contributed by atoms with van der Waals surface area (Å²) in [5, 5.41) is 4.05. The van der Waals surface area contributed by atoms with Gasteiger partial charge in [0.2, 0.25) is 0 Å². The van der Waals surface area contributed by atoms with Crippen molar-refractivity contribution in [2.24, 2.45) is 5.10 Å². The van der Waals surface area contributed by atoms with Crippen LogP contribution < -0.4 is 10.2 Å². The highest BCUT2D eigenvalue weighted by Crippen LogP contribution is 2.17. The van der Waals surface area contributed by atoms with Crippen LogP contribution in [0.2, 0.25) is 0 Å². The highest BCUT2D eigenvalue weighted by Gasteiger charge is 2.10. The average molecular weight is 333 g/mol. The molecule has 1 amide bonds. The van der Waals surface area contributed by atoms with E-state index >= 15 is 0 Å². The number of nitrogens with one attached hydrogen (secondary N) is 1. The predicted molar refractivity (Wildman–Crippen MR) is 98.6 cm³/mol. The summed E-state index contributed by atoms with van der Waals surface area (Å²) in [6.07, 6.45) is 3.60. The first-order valence-corrected chi connectivity index (χ1v) is 7.90. The minimum atomic E-state index is -0.312. The van der Waals surface area contributed by atoms with Crippen LogP contribution >= 0.6 is 0 Å². The Bertz CT molecular complexity index is 898. The van der Waals surface area contributed by atoms with Crippen molar-refractivity contribution >= 4 is 12.1 Å². The lowest BCUT2D eigenvalue weighted by Crippen LogP contribution is -2.18. The Morgan fingerprint density at radius 1 is 1.12 bits per heavy atom. The molecule has 0 saturated carbocycles. The van der Waals surface area contributed by atoms with E-state index in [-0.39, 0.29) is 5.91 Å². The van der Waals surface area contributed by atoms with Crippen LogP contribution in [0.25, 0.3) is 5.69 Å². The topological polar surface area (TPSA) is 55.6 Å². The summed E-state index contributed by atoms with van der Waals surface area (Å²) in [5.41, 5.74) is 6.05. The third kappa shape index (κ3) is 3.77. The molecule has 0 radical (unpaired) electrons. The van der Waals surface area contributed by atoms with Gasteiger partial charge in [0.05, 0.1) is 18.9 Å². The van der Waals surface area contributed by atoms with E-state index in [2.05, 4.69) is 15.1 Å². The zero-order valence-corrected chi connectivity index (χ0v) is 14.1. The largest absolute Gasteiger partial charge is 0.496 e. The van der Waals surface area contributed by atoms with Gasteiger partial charge in [0.1, 0.15) is 5.75 Å². The molecule has 0 spiro atoms. The maximum absolute atomic E-state index is 12.2. The molecule has 0 aliphatic heterocycles. The van der Waals surface area contributed by atoms with E-state index in [1.165, 1.54) is 7.11 Å². The van der Waals surface area contributed by atoms with Gasteiger partial charge in [0.15, 0.2) is 0 Å². The Hall–Kier alpha value is -3.34. The van der Waals surface area contributed by atoms with Gasteiger partial charge in [-0.1, -0.05) is 30.3 Å². The normalized spacial score (nSPS) is 10.8. The van der Waals surface area contributed by atoms with Gasteiger partial charge in [-0.3, -0.25) is 4.79 Å². The van der Waals surface area contributed by atoms with Gasteiger partial charge in [0, 0.05) is 23.1 Å². The fourth-order valence-corrected chi connectivity index (χ4v) is 2.59. The number of rotatable bonds is 5. The van der Waals surface area contributed by atoms with Crippen LogP contribution in [0.4, 0.5) is 0 Å². The van der Waals surface area contributed by atoms with E-state index in [0.29, 0.717) is 11.3 Å². The van der Waals surface area contributed by atoms with Gasteiger partial charge in [0.25, 0.3) is 5.91 Å². The fraction of sp³-hybridized carbons (Fsp3) is 0.100. The maximum atomic E-state index is 12.2. The van der Waals surface area contributed by atoms with Crippen LogP contribution in [0.15, 0.2) is 72.0 Å². The Balaban J connectivity index is 1.72. The molecule has 1 aromatic heterocycles. The molecule has 0 aliphatic carbocycles. The molecule has 1 heterocycles. The Labute approximate surface area is 146 Å². The summed E-state index contributed by atoms with van der Waals surface area (Å²) in [7, 11) is 1.53. The smallest absolute Gasteiger partial charge is 0.275 e. The van der Waals surface area contributed by atoms with Crippen molar-refractivity contribution in [2.45, 2.75) is 6.92 Å². The number of hydrogen-bond donors (Lipinski definition) is 1. The van der Waals surface area contributed by atoms with Crippen molar-refractivity contribution in [3.05, 3.63) is 83.7 Å². The maximum Gasteiger partial charge on any atom is 0.275 e. The first-order valence-electron chi connectivity index (χ1n) is 7.90. The first-order chi connectivity index (χ1) is 12.2. The number of aryl methyl sites for hydroxylation is 1. The van der Waals surface area contributed by atoms with Gasteiger partial charge in [-0.05, 0) is 37.3 Å². The molecule has 0 bridgehead atoms. The summed E-state index contributed by atoms with van der Waals surface area (Å²) in [4.78, 5) is 12.2. The molecule has 2 aromatic carbocycles. The van der Waals surface area contributed by atoms with Crippen LogP contribution in [0.5, 0.6) is 5.75 Å². The molecule has 25 heavy (non-hydrogen) atoms. The fourth-order valence-electron chi connectivity index (χ4n) is 2.59. The van der Waals surface area contributed by atoms with Crippen molar-refractivity contribution in [3.63, 3.8) is 0 Å². The third-order valence-corrected chi connectivity index (χ3v) is 3.80. The molecule has 5 heteroatoms. The molecule has 0 unspecified atom stereocenters. The summed E-state index contributed by atoms with van der Waals surface area (Å²) >= 11 is 0. The van der Waals surface area contributed by atoms with Crippen molar-refractivity contribution < 1.29 is 9.53 Å². The van der Waals surface area contributed by atoms with E-state index in [1.54, 1.807) is 24.4 Å². The van der Waals surface area contributed by atoms with Crippen molar-refractivity contribution in [2.75, 3.05) is 7.11 Å². The average Bonchev–Trinajstić information content (AvgIpc) is 3.03. The molecule has 3 aromatic rings. The number of nitrogens with zero attached hydrogens (tertiary/aromatic N) is 2. The quantitative estimate of drug-likeness (QED) is 0.573. The number of para-hydroxylation sites is 2. The number of ether oxygens (including phenoxy) is 1. The van der Waals surface area contributed by atoms with Crippen LogP contribution in [-0.2, 0) is 0 Å². The Morgan fingerprint density at radius 2 is 1.84 bits per heavy atom. The molecule has 126 valence electrons. The van der Waals surface area contributed by atoms with Gasteiger partial charge in [-0.25, -0.2) is 5.43 Å². The van der Waals surface area contributed by atoms with E-state index in [1.807, 2.05) is 55.6 Å². The highest BCUT2D eigenvalue weighted by molar-refractivity contribution is 5.97. The molecule has 0 saturated heterocycles. The lowest BCUT2D eigenvalue weighted by atomic mass is 10.2. The first kappa shape index (κ1) is 16.5. The monoisotopic (exact) mass is 333 g/mol. The zero-order valence-electron chi connectivity index (χ0n) is 14.1. The summed E-state index contributed by atoms with van der Waals surface area (Å²) < 4.78 is 7.26. The molecule has 0 aliphatic rings. The van der Waals surface area contributed by atoms with E-state index in [4.69, 9.17) is 4.74 Å². The number of hydrazone groups is 1. The Kier molecular flexibility index (Phi) is 4.95. The van der Waals surface area contributed by atoms with Crippen LogP contribution in [0.3, 0.4) is 0 Å². The minimum absolute atomic E-state index is 0.312. The number of aromatic nitrogens is 1.